The van der Waals surface area contributed by atoms with Gasteiger partial charge in [-0.25, -0.2) is 24.1 Å². The van der Waals surface area contributed by atoms with E-state index in [0.29, 0.717) is 54.8 Å². The van der Waals surface area contributed by atoms with Gasteiger partial charge in [-0.05, 0) is 75.1 Å². The summed E-state index contributed by atoms with van der Waals surface area (Å²) in [6.45, 7) is 3.45. The monoisotopic (exact) mass is 544 g/mol. The summed E-state index contributed by atoms with van der Waals surface area (Å²) in [5.74, 6) is 2.26. The number of pyridine rings is 1. The topological polar surface area (TPSA) is 110 Å². The predicted octanol–water partition coefficient (Wildman–Crippen LogP) is 5.40. The van der Waals surface area contributed by atoms with E-state index in [1.54, 1.807) is 23.2 Å². The number of imidazole rings is 1. The molecule has 2 aliphatic rings. The van der Waals surface area contributed by atoms with Crippen molar-refractivity contribution in [2.24, 2.45) is 0 Å². The summed E-state index contributed by atoms with van der Waals surface area (Å²) in [6, 6.07) is 12.6. The largest absolute Gasteiger partial charge is 0.450 e. The molecule has 1 aliphatic carbocycles. The molecule has 10 nitrogen and oxygen atoms in total. The fourth-order valence-electron chi connectivity index (χ4n) is 5.49. The van der Waals surface area contributed by atoms with Crippen LogP contribution in [0.2, 0.25) is 0 Å². The number of nitrogens with zero attached hydrogens (tertiary/aromatic N) is 6. The highest BCUT2D eigenvalue weighted by Crippen LogP contribution is 2.29. The van der Waals surface area contributed by atoms with Crippen LogP contribution in [0.4, 0.5) is 21.0 Å². The van der Waals surface area contributed by atoms with Crippen molar-refractivity contribution < 1.29 is 13.9 Å². The molecule has 1 aromatic carbocycles. The van der Waals surface area contributed by atoms with Crippen molar-refractivity contribution in [3.63, 3.8) is 0 Å². The predicted molar refractivity (Wildman–Crippen MR) is 151 cm³/mol. The molecular formula is C29H33FN8O2. The van der Waals surface area contributed by atoms with Gasteiger partial charge in [0.1, 0.15) is 23.3 Å². The van der Waals surface area contributed by atoms with Crippen LogP contribution in [0.25, 0.3) is 28.4 Å². The van der Waals surface area contributed by atoms with Crippen LogP contribution in [0.5, 0.6) is 0 Å². The third kappa shape index (κ3) is 5.54. The Bertz CT molecular complexity index is 1480. The van der Waals surface area contributed by atoms with Gasteiger partial charge in [0.15, 0.2) is 5.65 Å². The number of anilines is 2. The van der Waals surface area contributed by atoms with E-state index in [4.69, 9.17) is 19.7 Å². The molecule has 208 valence electrons. The van der Waals surface area contributed by atoms with Crippen LogP contribution in [0, 0.1) is 5.82 Å². The summed E-state index contributed by atoms with van der Waals surface area (Å²) >= 11 is 0. The van der Waals surface area contributed by atoms with Gasteiger partial charge in [-0.2, -0.15) is 4.98 Å². The second-order valence-electron chi connectivity index (χ2n) is 10.3. The lowest BCUT2D eigenvalue weighted by Crippen LogP contribution is -2.42. The average molecular weight is 545 g/mol. The highest BCUT2D eigenvalue weighted by atomic mass is 19.1. The van der Waals surface area contributed by atoms with Gasteiger partial charge in [-0.15, -0.1) is 0 Å². The van der Waals surface area contributed by atoms with Crippen LogP contribution < -0.4 is 10.6 Å². The first kappa shape index (κ1) is 26.0. The maximum atomic E-state index is 13.8. The molecule has 4 aromatic rings. The number of halogens is 1. The van der Waals surface area contributed by atoms with Crippen LogP contribution in [-0.2, 0) is 4.74 Å². The van der Waals surface area contributed by atoms with Gasteiger partial charge in [0.2, 0.25) is 5.95 Å². The number of rotatable bonds is 7. The number of benzene rings is 1. The molecular weight excluding hydrogens is 511 g/mol. The first-order chi connectivity index (χ1) is 19.6. The van der Waals surface area contributed by atoms with E-state index in [0.717, 1.165) is 36.8 Å². The molecule has 40 heavy (non-hydrogen) atoms. The van der Waals surface area contributed by atoms with Crippen LogP contribution in [-0.4, -0.2) is 67.3 Å². The van der Waals surface area contributed by atoms with Gasteiger partial charge in [-0.1, -0.05) is 12.8 Å². The van der Waals surface area contributed by atoms with Gasteiger partial charge in [-0.3, -0.25) is 4.57 Å². The molecule has 4 heterocycles. The zero-order valence-corrected chi connectivity index (χ0v) is 22.5. The van der Waals surface area contributed by atoms with Crippen LogP contribution >= 0.6 is 0 Å². The number of hydrogen-bond donors (Lipinski definition) is 2. The van der Waals surface area contributed by atoms with Gasteiger partial charge in [0, 0.05) is 36.9 Å². The number of aromatic nitrogens is 5. The molecule has 0 radical (unpaired) electrons. The molecule has 1 saturated heterocycles. The van der Waals surface area contributed by atoms with E-state index >= 15 is 0 Å². The van der Waals surface area contributed by atoms with E-state index in [9.17, 15) is 9.18 Å². The number of piperidine rings is 1. The molecule has 0 spiro atoms. The number of fused-ring (bicyclic) bond motifs is 1. The molecule has 3 aromatic heterocycles. The smallest absolute Gasteiger partial charge is 0.409 e. The number of likely N-dealkylation sites (tertiary alicyclic amines) is 1. The number of carbonyl (C=O) groups is 1. The number of amides is 1. The Morgan fingerprint density at radius 1 is 0.950 bits per heavy atom. The minimum Gasteiger partial charge on any atom is -0.450 e. The molecule has 1 aliphatic heterocycles. The maximum absolute atomic E-state index is 13.8. The van der Waals surface area contributed by atoms with Gasteiger partial charge in [0.05, 0.1) is 12.1 Å². The summed E-state index contributed by atoms with van der Waals surface area (Å²) in [6.07, 6.45) is 7.73. The van der Waals surface area contributed by atoms with Crippen molar-refractivity contribution in [3.05, 3.63) is 54.5 Å². The van der Waals surface area contributed by atoms with Crippen LogP contribution in [0.3, 0.4) is 0 Å². The number of nitrogens with one attached hydrogen (secondary N) is 2. The average Bonchev–Trinajstić information content (AvgIpc) is 3.62. The lowest BCUT2D eigenvalue weighted by atomic mass is 10.1. The summed E-state index contributed by atoms with van der Waals surface area (Å²) in [5, 5.41) is 6.97. The molecule has 2 N–H and O–H groups in total. The molecule has 1 saturated carbocycles. The molecule has 2 fully saturated rings. The van der Waals surface area contributed by atoms with Crippen molar-refractivity contribution >= 4 is 29.0 Å². The standard InChI is InChI=1S/C29H33FN8O2/c1-2-40-29(39)37-17-14-22(15-18-37)32-24-12-11-23-26(34-24)36-27(19-7-9-20(30)10-8-19)38(23)25-13-16-31-28(35-25)33-21-5-3-4-6-21/h7-13,16,21-22H,2-6,14-15,17-18H2,1H3,(H,32,34)(H,31,33,35). The fourth-order valence-corrected chi connectivity index (χ4v) is 5.49. The quantitative estimate of drug-likeness (QED) is 0.318. The van der Waals surface area contributed by atoms with E-state index in [2.05, 4.69) is 15.6 Å². The Kier molecular flexibility index (Phi) is 7.43. The van der Waals surface area contributed by atoms with Crippen molar-refractivity contribution in [2.45, 2.75) is 57.5 Å². The zero-order valence-electron chi connectivity index (χ0n) is 22.5. The van der Waals surface area contributed by atoms with Gasteiger partial charge >= 0.3 is 6.09 Å². The molecule has 6 rings (SSSR count). The normalized spacial score (nSPS) is 16.4. The molecule has 11 heteroatoms. The Morgan fingerprint density at radius 3 is 2.45 bits per heavy atom. The number of carbonyl (C=O) groups excluding carboxylic acids is 1. The Hall–Kier alpha value is -4.28. The van der Waals surface area contributed by atoms with Crippen LogP contribution in [0.15, 0.2) is 48.7 Å². The lowest BCUT2D eigenvalue weighted by Gasteiger charge is -2.31. The third-order valence-electron chi connectivity index (χ3n) is 7.55. The minimum atomic E-state index is -0.310. The number of ether oxygens (including phenoxy) is 1. The van der Waals surface area contributed by atoms with Gasteiger partial charge < -0.3 is 20.3 Å². The number of hydrogen-bond acceptors (Lipinski definition) is 8. The molecule has 0 unspecified atom stereocenters. The fraction of sp³-hybridized carbons (Fsp3) is 0.414. The SMILES string of the molecule is CCOC(=O)N1CCC(Nc2ccc3c(n2)nc(-c2ccc(F)cc2)n3-c2ccnc(NC3CCCC3)n2)CC1. The van der Waals surface area contributed by atoms with Crippen molar-refractivity contribution in [3.8, 4) is 17.2 Å². The lowest BCUT2D eigenvalue weighted by molar-refractivity contribution is 0.0983. The zero-order chi connectivity index (χ0) is 27.5. The Morgan fingerprint density at radius 2 is 1.70 bits per heavy atom. The van der Waals surface area contributed by atoms with Crippen molar-refractivity contribution in [1.82, 2.24) is 29.4 Å². The highest BCUT2D eigenvalue weighted by Gasteiger charge is 2.24. The highest BCUT2D eigenvalue weighted by molar-refractivity contribution is 5.81. The first-order valence-electron chi connectivity index (χ1n) is 14.0. The van der Waals surface area contributed by atoms with E-state index in [1.165, 1.54) is 25.0 Å². The van der Waals surface area contributed by atoms with Crippen molar-refractivity contribution in [1.29, 1.82) is 0 Å². The minimum absolute atomic E-state index is 0.181. The Balaban J connectivity index is 1.29. The summed E-state index contributed by atoms with van der Waals surface area (Å²) < 4.78 is 20.8. The van der Waals surface area contributed by atoms with Crippen molar-refractivity contribution in [2.75, 3.05) is 30.3 Å². The first-order valence-corrected chi connectivity index (χ1v) is 14.0. The molecule has 0 bridgehead atoms. The van der Waals surface area contributed by atoms with E-state index in [-0.39, 0.29) is 18.0 Å². The van der Waals surface area contributed by atoms with E-state index in [1.807, 2.05) is 29.7 Å². The van der Waals surface area contributed by atoms with E-state index < -0.39 is 0 Å². The summed E-state index contributed by atoms with van der Waals surface area (Å²) in [5.41, 5.74) is 2.09. The Labute approximate surface area is 232 Å². The molecule has 0 atom stereocenters. The second-order valence-corrected chi connectivity index (χ2v) is 10.3. The second kappa shape index (κ2) is 11.4. The molecule has 1 amide bonds. The summed E-state index contributed by atoms with van der Waals surface area (Å²) in [7, 11) is 0. The van der Waals surface area contributed by atoms with Gasteiger partial charge in [0.25, 0.3) is 0 Å². The maximum Gasteiger partial charge on any atom is 0.409 e. The summed E-state index contributed by atoms with van der Waals surface area (Å²) in [4.78, 5) is 32.7. The third-order valence-corrected chi connectivity index (χ3v) is 7.55. The van der Waals surface area contributed by atoms with Crippen LogP contribution in [0.1, 0.15) is 45.4 Å².